The van der Waals surface area contributed by atoms with Gasteiger partial charge < -0.3 is 20.5 Å². The highest BCUT2D eigenvalue weighted by atomic mass is 16.5. The Bertz CT molecular complexity index is 687. The molecule has 0 bridgehead atoms. The zero-order chi connectivity index (χ0) is 18.1. The van der Waals surface area contributed by atoms with Gasteiger partial charge in [-0.25, -0.2) is 0 Å². The van der Waals surface area contributed by atoms with Crippen LogP contribution in [0, 0.1) is 6.92 Å². The number of nitrogens with one attached hydrogen (secondary N) is 2. The Labute approximate surface area is 149 Å². The molecule has 1 atom stereocenters. The molecule has 0 aliphatic rings. The standard InChI is InChI=1S/C20H27N3O2/c1-15-9-10-16(11-19(15)25-3)12-22-20(21-2)23-13-18(14-24)17-7-5-4-6-8-17/h4-11,18,24H,12-14H2,1-3H3,(H2,21,22,23). The third-order valence-corrected chi connectivity index (χ3v) is 4.16. The van der Waals surface area contributed by atoms with Gasteiger partial charge in [-0.3, -0.25) is 4.99 Å². The van der Waals surface area contributed by atoms with Crippen LogP contribution in [-0.4, -0.2) is 38.4 Å². The number of rotatable bonds is 7. The van der Waals surface area contributed by atoms with Gasteiger partial charge in [0.05, 0.1) is 13.7 Å². The molecule has 0 amide bonds. The zero-order valence-electron chi connectivity index (χ0n) is 15.1. The van der Waals surface area contributed by atoms with Gasteiger partial charge in [0.2, 0.25) is 0 Å². The highest BCUT2D eigenvalue weighted by Crippen LogP contribution is 2.18. The lowest BCUT2D eigenvalue weighted by atomic mass is 10.0. The van der Waals surface area contributed by atoms with Gasteiger partial charge in [-0.15, -0.1) is 0 Å². The van der Waals surface area contributed by atoms with Crippen molar-refractivity contribution in [3.8, 4) is 5.75 Å². The van der Waals surface area contributed by atoms with Crippen molar-refractivity contribution in [2.24, 2.45) is 4.99 Å². The fourth-order valence-electron chi connectivity index (χ4n) is 2.61. The van der Waals surface area contributed by atoms with Crippen molar-refractivity contribution in [2.75, 3.05) is 27.3 Å². The summed E-state index contributed by atoms with van der Waals surface area (Å²) in [6.45, 7) is 3.36. The minimum Gasteiger partial charge on any atom is -0.496 e. The molecular weight excluding hydrogens is 314 g/mol. The van der Waals surface area contributed by atoms with Crippen LogP contribution < -0.4 is 15.4 Å². The molecule has 0 saturated heterocycles. The van der Waals surface area contributed by atoms with E-state index in [2.05, 4.69) is 21.7 Å². The summed E-state index contributed by atoms with van der Waals surface area (Å²) in [4.78, 5) is 4.24. The number of hydrogen-bond acceptors (Lipinski definition) is 3. The number of ether oxygens (including phenoxy) is 1. The third kappa shape index (κ3) is 5.50. The molecule has 1 unspecified atom stereocenters. The SMILES string of the molecule is CN=C(NCc1ccc(C)c(OC)c1)NCC(CO)c1ccccc1. The Morgan fingerprint density at radius 2 is 1.92 bits per heavy atom. The van der Waals surface area contributed by atoms with Crippen LogP contribution in [0.5, 0.6) is 5.75 Å². The summed E-state index contributed by atoms with van der Waals surface area (Å²) < 4.78 is 5.36. The first-order chi connectivity index (χ1) is 12.2. The lowest BCUT2D eigenvalue weighted by molar-refractivity contribution is 0.265. The summed E-state index contributed by atoms with van der Waals surface area (Å²) >= 11 is 0. The molecule has 5 heteroatoms. The molecular formula is C20H27N3O2. The Morgan fingerprint density at radius 1 is 1.16 bits per heavy atom. The Hall–Kier alpha value is -2.53. The second-order valence-electron chi connectivity index (χ2n) is 5.90. The Balaban J connectivity index is 1.90. The Morgan fingerprint density at radius 3 is 2.56 bits per heavy atom. The lowest BCUT2D eigenvalue weighted by Gasteiger charge is -2.18. The first-order valence-corrected chi connectivity index (χ1v) is 8.41. The molecule has 0 radical (unpaired) electrons. The van der Waals surface area contributed by atoms with Crippen molar-refractivity contribution in [3.05, 3.63) is 65.2 Å². The van der Waals surface area contributed by atoms with E-state index in [1.807, 2.05) is 49.4 Å². The number of methoxy groups -OCH3 is 1. The predicted octanol–water partition coefficient (Wildman–Crippen LogP) is 2.44. The van der Waals surface area contributed by atoms with Crippen molar-refractivity contribution in [1.29, 1.82) is 0 Å². The van der Waals surface area contributed by atoms with Gasteiger partial charge in [0.25, 0.3) is 0 Å². The van der Waals surface area contributed by atoms with Gasteiger partial charge in [-0.1, -0.05) is 42.5 Å². The van der Waals surface area contributed by atoms with E-state index in [1.165, 1.54) is 0 Å². The van der Waals surface area contributed by atoms with E-state index in [-0.39, 0.29) is 12.5 Å². The maximum Gasteiger partial charge on any atom is 0.191 e. The molecule has 0 aromatic heterocycles. The minimum absolute atomic E-state index is 0.0271. The first kappa shape index (κ1) is 18.8. The van der Waals surface area contributed by atoms with Crippen LogP contribution >= 0.6 is 0 Å². The quantitative estimate of drug-likeness (QED) is 0.535. The predicted molar refractivity (Wildman–Crippen MR) is 102 cm³/mol. The van der Waals surface area contributed by atoms with Crippen molar-refractivity contribution in [3.63, 3.8) is 0 Å². The number of aliphatic imine (C=N–C) groups is 1. The van der Waals surface area contributed by atoms with Gasteiger partial charge in [0, 0.05) is 26.1 Å². The highest BCUT2D eigenvalue weighted by Gasteiger charge is 2.11. The molecule has 25 heavy (non-hydrogen) atoms. The molecule has 0 heterocycles. The van der Waals surface area contributed by atoms with Crippen LogP contribution in [-0.2, 0) is 6.54 Å². The molecule has 0 spiro atoms. The third-order valence-electron chi connectivity index (χ3n) is 4.16. The van der Waals surface area contributed by atoms with Gasteiger partial charge in [0.15, 0.2) is 5.96 Å². The second-order valence-corrected chi connectivity index (χ2v) is 5.90. The fourth-order valence-corrected chi connectivity index (χ4v) is 2.61. The molecule has 3 N–H and O–H groups in total. The van der Waals surface area contributed by atoms with Crippen LogP contribution in [0.3, 0.4) is 0 Å². The fraction of sp³-hybridized carbons (Fsp3) is 0.350. The van der Waals surface area contributed by atoms with Crippen LogP contribution in [0.1, 0.15) is 22.6 Å². The van der Waals surface area contributed by atoms with Crippen molar-refractivity contribution < 1.29 is 9.84 Å². The summed E-state index contributed by atoms with van der Waals surface area (Å²) in [5.41, 5.74) is 3.34. The van der Waals surface area contributed by atoms with E-state index >= 15 is 0 Å². The van der Waals surface area contributed by atoms with E-state index in [4.69, 9.17) is 4.74 Å². The van der Waals surface area contributed by atoms with E-state index in [0.29, 0.717) is 19.0 Å². The smallest absolute Gasteiger partial charge is 0.191 e. The number of aryl methyl sites for hydroxylation is 1. The normalized spacial score (nSPS) is 12.6. The average Bonchev–Trinajstić information content (AvgIpc) is 2.66. The van der Waals surface area contributed by atoms with Gasteiger partial charge >= 0.3 is 0 Å². The van der Waals surface area contributed by atoms with Gasteiger partial charge in [-0.05, 0) is 29.7 Å². The maximum atomic E-state index is 9.64. The van der Waals surface area contributed by atoms with Crippen molar-refractivity contribution in [1.82, 2.24) is 10.6 Å². The second kappa shape index (κ2) is 9.69. The number of aliphatic hydroxyl groups is 1. The largest absolute Gasteiger partial charge is 0.496 e. The Kier molecular flexibility index (Phi) is 7.29. The van der Waals surface area contributed by atoms with E-state index in [9.17, 15) is 5.11 Å². The molecule has 5 nitrogen and oxygen atoms in total. The molecule has 0 saturated carbocycles. The molecule has 134 valence electrons. The first-order valence-electron chi connectivity index (χ1n) is 8.41. The monoisotopic (exact) mass is 341 g/mol. The number of aliphatic hydroxyl groups excluding tert-OH is 1. The van der Waals surface area contributed by atoms with E-state index in [1.54, 1.807) is 14.2 Å². The number of hydrogen-bond donors (Lipinski definition) is 3. The van der Waals surface area contributed by atoms with Crippen molar-refractivity contribution in [2.45, 2.75) is 19.4 Å². The van der Waals surface area contributed by atoms with Gasteiger partial charge in [-0.2, -0.15) is 0 Å². The average molecular weight is 341 g/mol. The van der Waals surface area contributed by atoms with Gasteiger partial charge in [0.1, 0.15) is 5.75 Å². The number of nitrogens with zero attached hydrogens (tertiary/aromatic N) is 1. The molecule has 2 aromatic rings. The number of benzene rings is 2. The molecule has 0 aliphatic heterocycles. The zero-order valence-corrected chi connectivity index (χ0v) is 15.1. The lowest BCUT2D eigenvalue weighted by Crippen LogP contribution is -2.39. The van der Waals surface area contributed by atoms with Crippen LogP contribution in [0.4, 0.5) is 0 Å². The highest BCUT2D eigenvalue weighted by molar-refractivity contribution is 5.79. The summed E-state index contributed by atoms with van der Waals surface area (Å²) in [6, 6.07) is 16.1. The molecule has 2 rings (SSSR count). The van der Waals surface area contributed by atoms with Crippen LogP contribution in [0.25, 0.3) is 0 Å². The molecule has 0 fully saturated rings. The summed E-state index contributed by atoms with van der Waals surface area (Å²) in [7, 11) is 3.42. The minimum atomic E-state index is 0.0271. The van der Waals surface area contributed by atoms with Crippen molar-refractivity contribution >= 4 is 5.96 Å². The van der Waals surface area contributed by atoms with E-state index in [0.717, 1.165) is 22.4 Å². The summed E-state index contributed by atoms with van der Waals surface area (Å²) in [5, 5.41) is 16.2. The maximum absolute atomic E-state index is 9.64. The topological polar surface area (TPSA) is 65.9 Å². The number of guanidine groups is 1. The summed E-state index contributed by atoms with van der Waals surface area (Å²) in [5.74, 6) is 1.61. The molecule has 0 aliphatic carbocycles. The van der Waals surface area contributed by atoms with E-state index < -0.39 is 0 Å². The van der Waals surface area contributed by atoms with Crippen LogP contribution in [0.2, 0.25) is 0 Å². The molecule has 2 aromatic carbocycles. The summed E-state index contributed by atoms with van der Waals surface area (Å²) in [6.07, 6.45) is 0. The van der Waals surface area contributed by atoms with Crippen LogP contribution in [0.15, 0.2) is 53.5 Å².